The van der Waals surface area contributed by atoms with Crippen molar-refractivity contribution in [1.29, 1.82) is 0 Å². The second kappa shape index (κ2) is 15.7. The molecule has 0 saturated heterocycles. The molecular formula is C35H37FN2O10S. The van der Waals surface area contributed by atoms with Gasteiger partial charge >= 0.3 is 6.09 Å². The lowest BCUT2D eigenvalue weighted by Gasteiger charge is -2.25. The molecule has 260 valence electrons. The molecule has 0 atom stereocenters. The van der Waals surface area contributed by atoms with Crippen LogP contribution in [0.4, 0.5) is 14.9 Å². The number of hydrogen-bond acceptors (Lipinski definition) is 9. The predicted molar refractivity (Wildman–Crippen MR) is 179 cm³/mol. The Balaban J connectivity index is 1.23. The number of rotatable bonds is 17. The second-order valence-corrected chi connectivity index (χ2v) is 13.5. The SMILES string of the molecule is CC(=O)c1ccc(COCCOCCOCCN(c2cc3oc(-c4ccc(F)cc4)c(C(=O)NC(=O)O)c3cc2C2CC2)S(C)(=O)=O)cc1. The molecule has 12 nitrogen and oxygen atoms in total. The van der Waals surface area contributed by atoms with Gasteiger partial charge < -0.3 is 23.7 Å². The fraction of sp³-hybridized carbons (Fsp3) is 0.343. The number of carbonyl (C=O) groups is 3. The molecule has 49 heavy (non-hydrogen) atoms. The zero-order valence-electron chi connectivity index (χ0n) is 27.1. The standard InChI is InChI=1S/C35H37FN2O10S/c1-22(39)24-5-3-23(4-6-24)21-47-18-17-46-16-15-45-14-13-38(49(2,43)44)30-20-31-29(19-28(30)25-7-8-25)32(34(40)37-35(41)42)33(48-31)26-9-11-27(36)12-10-26/h3-6,9-12,19-20,25H,7-8,13-18,21H2,1-2H3,(H,37,40)(H,41,42). The fourth-order valence-corrected chi connectivity index (χ4v) is 6.28. The molecule has 1 fully saturated rings. The number of imide groups is 1. The topological polar surface area (TPSA) is 162 Å². The van der Waals surface area contributed by atoms with Gasteiger partial charge in [0, 0.05) is 22.6 Å². The van der Waals surface area contributed by atoms with Gasteiger partial charge in [-0.3, -0.25) is 19.2 Å². The third-order valence-corrected chi connectivity index (χ3v) is 9.07. The molecule has 4 aromatic rings. The predicted octanol–water partition coefficient (Wildman–Crippen LogP) is 5.74. The maximum atomic E-state index is 13.7. The van der Waals surface area contributed by atoms with Crippen LogP contribution >= 0.6 is 0 Å². The van der Waals surface area contributed by atoms with E-state index in [1.165, 1.54) is 41.6 Å². The van der Waals surface area contributed by atoms with E-state index in [0.29, 0.717) is 47.6 Å². The molecule has 5 rings (SSSR count). The van der Waals surface area contributed by atoms with Gasteiger partial charge in [-0.2, -0.15) is 0 Å². The Labute approximate surface area is 282 Å². The Hall–Kier alpha value is -4.63. The molecule has 3 aromatic carbocycles. The zero-order chi connectivity index (χ0) is 35.1. The largest absolute Gasteiger partial charge is 0.465 e. The molecule has 1 saturated carbocycles. The molecule has 0 aliphatic heterocycles. The van der Waals surface area contributed by atoms with Gasteiger partial charge in [0.25, 0.3) is 5.91 Å². The van der Waals surface area contributed by atoms with E-state index in [1.807, 2.05) is 17.4 Å². The first-order chi connectivity index (χ1) is 23.4. The van der Waals surface area contributed by atoms with Crippen LogP contribution in [0.15, 0.2) is 65.1 Å². The molecular weight excluding hydrogens is 659 g/mol. The van der Waals surface area contributed by atoms with Crippen molar-refractivity contribution in [3.8, 4) is 11.3 Å². The minimum absolute atomic E-state index is 0.00473. The van der Waals surface area contributed by atoms with Crippen molar-refractivity contribution in [2.45, 2.75) is 32.3 Å². The smallest absolute Gasteiger partial charge is 0.411 e. The lowest BCUT2D eigenvalue weighted by Crippen LogP contribution is -2.34. The number of sulfonamides is 1. The molecule has 2 amide bonds. The Bertz CT molecular complexity index is 1920. The maximum absolute atomic E-state index is 13.7. The summed E-state index contributed by atoms with van der Waals surface area (Å²) in [7, 11) is -3.80. The van der Waals surface area contributed by atoms with E-state index in [4.69, 9.17) is 18.6 Å². The molecule has 0 bridgehead atoms. The average molecular weight is 697 g/mol. The van der Waals surface area contributed by atoms with E-state index in [0.717, 1.165) is 24.7 Å². The van der Waals surface area contributed by atoms with Gasteiger partial charge in [-0.15, -0.1) is 0 Å². The molecule has 0 unspecified atom stereocenters. The highest BCUT2D eigenvalue weighted by Gasteiger charge is 2.33. The Morgan fingerprint density at radius 1 is 0.939 bits per heavy atom. The van der Waals surface area contributed by atoms with Gasteiger partial charge in [-0.05, 0) is 67.1 Å². The summed E-state index contributed by atoms with van der Waals surface area (Å²) >= 11 is 0. The maximum Gasteiger partial charge on any atom is 0.411 e. The highest BCUT2D eigenvalue weighted by molar-refractivity contribution is 7.92. The number of hydrogen-bond donors (Lipinski definition) is 2. The number of nitrogens with zero attached hydrogens (tertiary/aromatic N) is 1. The molecule has 1 aliphatic rings. The van der Waals surface area contributed by atoms with Crippen LogP contribution in [-0.4, -0.2) is 77.1 Å². The van der Waals surface area contributed by atoms with Crippen LogP contribution in [0.2, 0.25) is 0 Å². The first-order valence-corrected chi connectivity index (χ1v) is 17.5. The van der Waals surface area contributed by atoms with Crippen molar-refractivity contribution >= 4 is 44.5 Å². The quantitative estimate of drug-likeness (QED) is 0.103. The van der Waals surface area contributed by atoms with E-state index >= 15 is 0 Å². The van der Waals surface area contributed by atoms with E-state index in [9.17, 15) is 32.3 Å². The van der Waals surface area contributed by atoms with Crippen LogP contribution in [0.1, 0.15) is 57.5 Å². The molecule has 1 aromatic heterocycles. The van der Waals surface area contributed by atoms with Crippen molar-refractivity contribution in [3.63, 3.8) is 0 Å². The Kier molecular flexibility index (Phi) is 11.4. The molecule has 2 N–H and O–H groups in total. The van der Waals surface area contributed by atoms with Crippen molar-refractivity contribution in [2.24, 2.45) is 0 Å². The van der Waals surface area contributed by atoms with Crippen LogP contribution in [0, 0.1) is 5.82 Å². The molecule has 0 spiro atoms. The normalized spacial score (nSPS) is 13.0. The van der Waals surface area contributed by atoms with Gasteiger partial charge in [0.15, 0.2) is 5.78 Å². The number of fused-ring (bicyclic) bond motifs is 1. The van der Waals surface area contributed by atoms with Crippen molar-refractivity contribution in [1.82, 2.24) is 5.32 Å². The molecule has 14 heteroatoms. The van der Waals surface area contributed by atoms with E-state index < -0.39 is 27.8 Å². The highest BCUT2D eigenvalue weighted by Crippen LogP contribution is 2.48. The van der Waals surface area contributed by atoms with Gasteiger partial charge in [0.05, 0.1) is 63.7 Å². The van der Waals surface area contributed by atoms with Crippen LogP contribution in [0.3, 0.4) is 0 Å². The Morgan fingerprint density at radius 2 is 1.57 bits per heavy atom. The number of carbonyl (C=O) groups excluding carboxylic acids is 2. The number of ether oxygens (including phenoxy) is 3. The molecule has 1 heterocycles. The average Bonchev–Trinajstić information content (AvgIpc) is 3.83. The number of benzene rings is 3. The van der Waals surface area contributed by atoms with Crippen LogP contribution in [0.25, 0.3) is 22.3 Å². The summed E-state index contributed by atoms with van der Waals surface area (Å²) in [5.41, 5.74) is 3.07. The summed E-state index contributed by atoms with van der Waals surface area (Å²) in [6.07, 6.45) is 1.14. The van der Waals surface area contributed by atoms with Crippen molar-refractivity contribution in [3.05, 3.63) is 88.7 Å². The monoisotopic (exact) mass is 696 g/mol. The van der Waals surface area contributed by atoms with Crippen LogP contribution in [-0.2, 0) is 30.8 Å². The van der Waals surface area contributed by atoms with Gasteiger partial charge in [0.1, 0.15) is 17.2 Å². The van der Waals surface area contributed by atoms with Crippen molar-refractivity contribution in [2.75, 3.05) is 50.1 Å². The fourth-order valence-electron chi connectivity index (χ4n) is 5.35. The van der Waals surface area contributed by atoms with Crippen molar-refractivity contribution < 1.29 is 50.9 Å². The lowest BCUT2D eigenvalue weighted by molar-refractivity contribution is 0.0120. The van der Waals surface area contributed by atoms with E-state index in [1.54, 1.807) is 18.2 Å². The number of amides is 2. The van der Waals surface area contributed by atoms with Gasteiger partial charge in [0.2, 0.25) is 10.0 Å². The highest BCUT2D eigenvalue weighted by atomic mass is 32.2. The summed E-state index contributed by atoms with van der Waals surface area (Å²) in [4.78, 5) is 35.8. The third kappa shape index (κ3) is 9.29. The van der Waals surface area contributed by atoms with E-state index in [-0.39, 0.29) is 55.0 Å². The first kappa shape index (κ1) is 35.7. The zero-order valence-corrected chi connectivity index (χ0v) is 27.9. The van der Waals surface area contributed by atoms with Gasteiger partial charge in [-0.1, -0.05) is 24.3 Å². The minimum Gasteiger partial charge on any atom is -0.465 e. The second-order valence-electron chi connectivity index (χ2n) is 11.6. The van der Waals surface area contributed by atoms with E-state index in [2.05, 4.69) is 0 Å². The number of nitrogens with one attached hydrogen (secondary N) is 1. The van der Waals surface area contributed by atoms with Gasteiger partial charge in [-0.25, -0.2) is 17.6 Å². The summed E-state index contributed by atoms with van der Waals surface area (Å²) in [6, 6.07) is 15.6. The van der Waals surface area contributed by atoms with Crippen LogP contribution < -0.4 is 9.62 Å². The molecule has 1 aliphatic carbocycles. The number of ketones is 1. The first-order valence-electron chi connectivity index (χ1n) is 15.6. The number of anilines is 1. The number of furan rings is 1. The number of carboxylic acid groups (broad SMARTS) is 1. The summed E-state index contributed by atoms with van der Waals surface area (Å²) < 4.78 is 63.9. The Morgan fingerprint density at radius 3 is 2.16 bits per heavy atom. The molecule has 0 radical (unpaired) electrons. The van der Waals surface area contributed by atoms with Crippen LogP contribution in [0.5, 0.6) is 0 Å². The third-order valence-electron chi connectivity index (χ3n) is 7.89. The summed E-state index contributed by atoms with van der Waals surface area (Å²) in [6.45, 7) is 3.15. The minimum atomic E-state index is -3.80. The lowest BCUT2D eigenvalue weighted by atomic mass is 10.0. The summed E-state index contributed by atoms with van der Waals surface area (Å²) in [5.74, 6) is -1.38. The summed E-state index contributed by atoms with van der Waals surface area (Å²) in [5, 5.41) is 11.4. The number of halogens is 1. The number of Topliss-reactive ketones (excluding diaryl/α,β-unsaturated/α-hetero) is 1.